The molecule has 1 amide bonds. The summed E-state index contributed by atoms with van der Waals surface area (Å²) < 4.78 is 12.4. The van der Waals surface area contributed by atoms with Crippen molar-refractivity contribution in [2.24, 2.45) is 0 Å². The fourth-order valence-electron chi connectivity index (χ4n) is 0.746. The Bertz CT molecular complexity index is 275. The molecule has 0 aliphatic carbocycles. The third kappa shape index (κ3) is 1.73. The van der Waals surface area contributed by atoms with Crippen molar-refractivity contribution in [3.05, 3.63) is 23.8 Å². The first-order valence-electron chi connectivity index (χ1n) is 3.07. The van der Waals surface area contributed by atoms with Gasteiger partial charge in [-0.15, -0.1) is 0 Å². The summed E-state index contributed by atoms with van der Waals surface area (Å²) in [4.78, 5) is 13.5. The first-order chi connectivity index (χ1) is 5.24. The average Bonchev–Trinajstić information content (AvgIpc) is 1.95. The number of aryl methyl sites for hydroxylation is 1. The van der Waals surface area contributed by atoms with E-state index in [2.05, 4.69) is 10.3 Å². The summed E-state index contributed by atoms with van der Waals surface area (Å²) in [5.74, 6) is -0.543. The number of carbonyl (C=O) groups is 1. The fourth-order valence-corrected chi connectivity index (χ4v) is 0.746. The number of rotatable bonds is 2. The van der Waals surface area contributed by atoms with E-state index in [4.69, 9.17) is 0 Å². The molecule has 1 aromatic heterocycles. The molecular weight excluding hydrogens is 147 g/mol. The quantitative estimate of drug-likeness (QED) is 0.512. The Morgan fingerprint density at radius 3 is 2.91 bits per heavy atom. The summed E-state index contributed by atoms with van der Waals surface area (Å²) in [6.45, 7) is 1.62. The van der Waals surface area contributed by atoms with Crippen molar-refractivity contribution >= 4 is 12.1 Å². The molecule has 58 valence electrons. The smallest absolute Gasteiger partial charge is 0.213 e. The number of hydrogen-bond donors (Lipinski definition) is 1. The first-order valence-corrected chi connectivity index (χ1v) is 3.07. The number of aromatic nitrogens is 1. The van der Waals surface area contributed by atoms with Crippen molar-refractivity contribution < 1.29 is 9.18 Å². The van der Waals surface area contributed by atoms with Crippen LogP contribution >= 0.6 is 0 Å². The lowest BCUT2D eigenvalue weighted by molar-refractivity contribution is -0.105. The van der Waals surface area contributed by atoms with Gasteiger partial charge in [-0.25, -0.2) is 4.98 Å². The molecule has 0 saturated heterocycles. The second-order valence-corrected chi connectivity index (χ2v) is 2.03. The number of nitrogens with zero attached hydrogens (tertiary/aromatic N) is 1. The highest BCUT2D eigenvalue weighted by atomic mass is 19.1. The summed E-state index contributed by atoms with van der Waals surface area (Å²) in [6, 6.07) is 2.66. The van der Waals surface area contributed by atoms with Gasteiger partial charge in [-0.05, 0) is 19.1 Å². The Kier molecular flexibility index (Phi) is 2.15. The summed E-state index contributed by atoms with van der Waals surface area (Å²) in [5.41, 5.74) is 0.999. The Hall–Kier alpha value is -1.45. The molecule has 0 fully saturated rings. The lowest BCUT2D eigenvalue weighted by atomic mass is 10.3. The summed E-state index contributed by atoms with van der Waals surface area (Å²) in [7, 11) is 0. The van der Waals surface area contributed by atoms with Gasteiger partial charge in [0.15, 0.2) is 0 Å². The highest BCUT2D eigenvalue weighted by Crippen LogP contribution is 2.10. The number of carbonyl (C=O) groups excluding carboxylic acids is 1. The number of pyridine rings is 1. The highest BCUT2D eigenvalue weighted by Gasteiger charge is 1.98. The molecule has 1 rings (SSSR count). The van der Waals surface area contributed by atoms with E-state index in [0.717, 1.165) is 0 Å². The summed E-state index contributed by atoms with van der Waals surface area (Å²) in [6.07, 6.45) is 0.530. The van der Waals surface area contributed by atoms with Gasteiger partial charge in [0.05, 0.1) is 11.4 Å². The van der Waals surface area contributed by atoms with Crippen LogP contribution in [0.2, 0.25) is 0 Å². The van der Waals surface area contributed by atoms with E-state index in [1.165, 1.54) is 12.1 Å². The Morgan fingerprint density at radius 1 is 1.64 bits per heavy atom. The van der Waals surface area contributed by atoms with E-state index in [-0.39, 0.29) is 0 Å². The standard InChI is InChI=1S/C7H7FN2O/c1-5-6(9-4-11)2-3-7(8)10-5/h2-4H,1H3,(H,9,11). The predicted octanol–water partition coefficient (Wildman–Crippen LogP) is 1.10. The summed E-state index contributed by atoms with van der Waals surface area (Å²) >= 11 is 0. The molecule has 1 N–H and O–H groups in total. The van der Waals surface area contributed by atoms with Crippen LogP contribution in [0.15, 0.2) is 12.1 Å². The largest absolute Gasteiger partial charge is 0.327 e. The van der Waals surface area contributed by atoms with Crippen molar-refractivity contribution in [3.8, 4) is 0 Å². The molecule has 0 aromatic carbocycles. The van der Waals surface area contributed by atoms with E-state index < -0.39 is 5.95 Å². The first kappa shape index (κ1) is 7.65. The van der Waals surface area contributed by atoms with Gasteiger partial charge in [-0.2, -0.15) is 4.39 Å². The van der Waals surface area contributed by atoms with E-state index in [1.54, 1.807) is 6.92 Å². The Balaban J connectivity index is 2.98. The zero-order chi connectivity index (χ0) is 8.27. The lowest BCUT2D eigenvalue weighted by Crippen LogP contribution is -1.98. The number of nitrogens with one attached hydrogen (secondary N) is 1. The predicted molar refractivity (Wildman–Crippen MR) is 38.6 cm³/mol. The third-order valence-corrected chi connectivity index (χ3v) is 1.27. The van der Waals surface area contributed by atoms with Crippen LogP contribution in [-0.2, 0) is 4.79 Å². The van der Waals surface area contributed by atoms with Gasteiger partial charge in [-0.3, -0.25) is 4.79 Å². The zero-order valence-electron chi connectivity index (χ0n) is 5.97. The van der Waals surface area contributed by atoms with Crippen LogP contribution in [0.4, 0.5) is 10.1 Å². The molecule has 11 heavy (non-hydrogen) atoms. The van der Waals surface area contributed by atoms with Gasteiger partial charge in [0.1, 0.15) is 0 Å². The Labute approximate surface area is 63.3 Å². The maximum absolute atomic E-state index is 12.4. The van der Waals surface area contributed by atoms with Crippen molar-refractivity contribution in [2.45, 2.75) is 6.92 Å². The molecule has 0 radical (unpaired) electrons. The Morgan fingerprint density at radius 2 is 2.36 bits per heavy atom. The molecule has 3 nitrogen and oxygen atoms in total. The molecule has 0 atom stereocenters. The zero-order valence-corrected chi connectivity index (χ0v) is 5.97. The lowest BCUT2D eigenvalue weighted by Gasteiger charge is -2.00. The maximum atomic E-state index is 12.4. The number of hydrogen-bond acceptors (Lipinski definition) is 2. The van der Waals surface area contributed by atoms with Gasteiger partial charge < -0.3 is 5.32 Å². The van der Waals surface area contributed by atoms with Gasteiger partial charge in [-0.1, -0.05) is 0 Å². The van der Waals surface area contributed by atoms with Crippen LogP contribution in [0.3, 0.4) is 0 Å². The maximum Gasteiger partial charge on any atom is 0.213 e. The van der Waals surface area contributed by atoms with Crippen LogP contribution in [-0.4, -0.2) is 11.4 Å². The molecular formula is C7H7FN2O. The number of amides is 1. The van der Waals surface area contributed by atoms with Gasteiger partial charge >= 0.3 is 0 Å². The SMILES string of the molecule is Cc1nc(F)ccc1NC=O. The average molecular weight is 154 g/mol. The second kappa shape index (κ2) is 3.09. The van der Waals surface area contributed by atoms with Crippen molar-refractivity contribution in [3.63, 3.8) is 0 Å². The molecule has 0 unspecified atom stereocenters. The van der Waals surface area contributed by atoms with Crippen LogP contribution in [0.1, 0.15) is 5.69 Å². The molecule has 1 aromatic rings. The number of anilines is 1. The van der Waals surface area contributed by atoms with E-state index in [9.17, 15) is 9.18 Å². The number of halogens is 1. The second-order valence-electron chi connectivity index (χ2n) is 2.03. The molecule has 0 aliphatic rings. The van der Waals surface area contributed by atoms with E-state index >= 15 is 0 Å². The molecule has 0 spiro atoms. The molecule has 1 heterocycles. The van der Waals surface area contributed by atoms with Crippen LogP contribution in [0.5, 0.6) is 0 Å². The minimum Gasteiger partial charge on any atom is -0.327 e. The highest BCUT2D eigenvalue weighted by molar-refractivity contribution is 5.72. The molecule has 0 aliphatic heterocycles. The van der Waals surface area contributed by atoms with Crippen molar-refractivity contribution in [2.75, 3.05) is 5.32 Å². The minimum atomic E-state index is -0.543. The van der Waals surface area contributed by atoms with Gasteiger partial charge in [0, 0.05) is 0 Å². The topological polar surface area (TPSA) is 42.0 Å². The van der Waals surface area contributed by atoms with E-state index in [0.29, 0.717) is 17.8 Å². The van der Waals surface area contributed by atoms with Crippen molar-refractivity contribution in [1.29, 1.82) is 0 Å². The van der Waals surface area contributed by atoms with E-state index in [1.807, 2.05) is 0 Å². The minimum absolute atomic E-state index is 0.470. The molecule has 0 bridgehead atoms. The van der Waals surface area contributed by atoms with Gasteiger partial charge in [0.2, 0.25) is 12.4 Å². The normalized spacial score (nSPS) is 9.27. The van der Waals surface area contributed by atoms with Crippen molar-refractivity contribution in [1.82, 2.24) is 4.98 Å². The monoisotopic (exact) mass is 154 g/mol. The van der Waals surface area contributed by atoms with Crippen LogP contribution < -0.4 is 5.32 Å². The fraction of sp³-hybridized carbons (Fsp3) is 0.143. The molecule has 4 heteroatoms. The molecule has 0 saturated carbocycles. The van der Waals surface area contributed by atoms with Crippen LogP contribution in [0.25, 0.3) is 0 Å². The summed E-state index contributed by atoms with van der Waals surface area (Å²) in [5, 5.41) is 2.39. The van der Waals surface area contributed by atoms with Crippen LogP contribution in [0, 0.1) is 12.9 Å². The van der Waals surface area contributed by atoms with Gasteiger partial charge in [0.25, 0.3) is 0 Å². The third-order valence-electron chi connectivity index (χ3n) is 1.27.